The highest BCUT2D eigenvalue weighted by Crippen LogP contribution is 2.33. The Bertz CT molecular complexity index is 386. The van der Waals surface area contributed by atoms with E-state index in [-0.39, 0.29) is 6.10 Å². The second kappa shape index (κ2) is 5.57. The van der Waals surface area contributed by atoms with E-state index in [1.807, 2.05) is 0 Å². The quantitative estimate of drug-likeness (QED) is 0.796. The molecule has 1 aromatic carbocycles. The fourth-order valence-corrected chi connectivity index (χ4v) is 2.09. The molecular formula is C13H16NO3. The van der Waals surface area contributed by atoms with Crippen molar-refractivity contribution in [2.75, 3.05) is 12.4 Å². The topological polar surface area (TPSA) is 47.6 Å². The Morgan fingerprint density at radius 1 is 1.29 bits per heavy atom. The Balaban J connectivity index is 2.15. The lowest BCUT2D eigenvalue weighted by molar-refractivity contribution is 0.201. The molecule has 1 fully saturated rings. The highest BCUT2D eigenvalue weighted by atomic mass is 16.5. The summed E-state index contributed by atoms with van der Waals surface area (Å²) in [5.74, 6) is 1.37. The minimum Gasteiger partial charge on any atom is -0.493 e. The van der Waals surface area contributed by atoms with Crippen LogP contribution in [0.5, 0.6) is 11.5 Å². The first-order valence-electron chi connectivity index (χ1n) is 5.81. The van der Waals surface area contributed by atoms with E-state index < -0.39 is 0 Å². The van der Waals surface area contributed by atoms with Crippen molar-refractivity contribution in [3.63, 3.8) is 0 Å². The van der Waals surface area contributed by atoms with Gasteiger partial charge in [0.2, 0.25) is 0 Å². The number of amides is 1. The van der Waals surface area contributed by atoms with E-state index in [1.54, 1.807) is 31.7 Å². The highest BCUT2D eigenvalue weighted by molar-refractivity contribution is 5.73. The SMILES string of the molecule is COc1ccc(N[C]=O)cc1OC1CCCC1. The lowest BCUT2D eigenvalue weighted by Gasteiger charge is -2.16. The van der Waals surface area contributed by atoms with Crippen molar-refractivity contribution in [2.45, 2.75) is 31.8 Å². The molecule has 0 spiro atoms. The summed E-state index contributed by atoms with van der Waals surface area (Å²) in [5.41, 5.74) is 0.661. The molecule has 1 saturated carbocycles. The van der Waals surface area contributed by atoms with Crippen LogP contribution in [0, 0.1) is 0 Å². The summed E-state index contributed by atoms with van der Waals surface area (Å²) in [5, 5.41) is 2.48. The zero-order chi connectivity index (χ0) is 12.1. The van der Waals surface area contributed by atoms with Crippen molar-refractivity contribution in [1.82, 2.24) is 0 Å². The van der Waals surface area contributed by atoms with Crippen molar-refractivity contribution in [1.29, 1.82) is 0 Å². The highest BCUT2D eigenvalue weighted by Gasteiger charge is 2.18. The van der Waals surface area contributed by atoms with Crippen LogP contribution >= 0.6 is 0 Å². The van der Waals surface area contributed by atoms with Gasteiger partial charge in [0.25, 0.3) is 0 Å². The Kier molecular flexibility index (Phi) is 3.85. The minimum absolute atomic E-state index is 0.263. The van der Waals surface area contributed by atoms with Crippen LogP contribution in [0.3, 0.4) is 0 Å². The van der Waals surface area contributed by atoms with Crippen LogP contribution < -0.4 is 14.8 Å². The Morgan fingerprint density at radius 2 is 2.06 bits per heavy atom. The standard InChI is InChI=1S/C13H16NO3/c1-16-12-7-6-10(14-9-15)8-13(12)17-11-4-2-3-5-11/h6-8,11H,2-5H2,1H3,(H,14,15). The molecule has 0 aromatic heterocycles. The van der Waals surface area contributed by atoms with Crippen molar-refractivity contribution in [3.05, 3.63) is 18.2 Å². The molecule has 0 heterocycles. The average Bonchev–Trinajstić information content (AvgIpc) is 2.83. The molecule has 1 aliphatic rings. The number of anilines is 1. The summed E-state index contributed by atoms with van der Waals surface area (Å²) >= 11 is 0. The average molecular weight is 234 g/mol. The van der Waals surface area contributed by atoms with Crippen LogP contribution in [0.15, 0.2) is 18.2 Å². The summed E-state index contributed by atoms with van der Waals surface area (Å²) in [6.45, 7) is 0. The van der Waals surface area contributed by atoms with Crippen LogP contribution in [0.1, 0.15) is 25.7 Å². The molecule has 1 aromatic rings. The van der Waals surface area contributed by atoms with Gasteiger partial charge in [-0.15, -0.1) is 0 Å². The summed E-state index contributed by atoms with van der Waals surface area (Å²) in [4.78, 5) is 10.3. The molecule has 2 rings (SSSR count). The lowest BCUT2D eigenvalue weighted by atomic mass is 10.2. The molecule has 0 saturated heterocycles. The van der Waals surface area contributed by atoms with E-state index in [0.29, 0.717) is 17.2 Å². The van der Waals surface area contributed by atoms with Crippen molar-refractivity contribution in [2.24, 2.45) is 0 Å². The molecule has 4 heteroatoms. The smallest absolute Gasteiger partial charge is 0.314 e. The maximum absolute atomic E-state index is 10.3. The summed E-state index contributed by atoms with van der Waals surface area (Å²) in [7, 11) is 1.61. The van der Waals surface area contributed by atoms with Gasteiger partial charge in [0.1, 0.15) is 0 Å². The molecule has 4 nitrogen and oxygen atoms in total. The maximum Gasteiger partial charge on any atom is 0.314 e. The Hall–Kier alpha value is -1.71. The Morgan fingerprint density at radius 3 is 2.71 bits per heavy atom. The van der Waals surface area contributed by atoms with Gasteiger partial charge in [-0.2, -0.15) is 0 Å². The minimum atomic E-state index is 0.263. The molecule has 91 valence electrons. The second-order valence-electron chi connectivity index (χ2n) is 4.12. The number of rotatable bonds is 5. The van der Waals surface area contributed by atoms with Gasteiger partial charge in [0.05, 0.1) is 13.2 Å². The largest absolute Gasteiger partial charge is 0.493 e. The number of hydrogen-bond acceptors (Lipinski definition) is 3. The first-order valence-corrected chi connectivity index (χ1v) is 5.81. The summed E-state index contributed by atoms with van der Waals surface area (Å²) < 4.78 is 11.1. The van der Waals surface area contributed by atoms with Crippen molar-refractivity contribution < 1.29 is 14.3 Å². The summed E-state index contributed by atoms with van der Waals surface area (Å²) in [6, 6.07) is 5.30. The first kappa shape index (κ1) is 11.8. The Labute approximate surface area is 101 Å². The van der Waals surface area contributed by atoms with Crippen LogP contribution in [-0.4, -0.2) is 19.6 Å². The molecule has 0 aliphatic heterocycles. The van der Waals surface area contributed by atoms with Gasteiger partial charge in [-0.3, -0.25) is 4.79 Å². The third-order valence-corrected chi connectivity index (χ3v) is 2.95. The van der Waals surface area contributed by atoms with Crippen LogP contribution in [-0.2, 0) is 4.79 Å². The van der Waals surface area contributed by atoms with E-state index in [2.05, 4.69) is 5.32 Å². The van der Waals surface area contributed by atoms with Crippen LogP contribution in [0.2, 0.25) is 0 Å². The number of ether oxygens (including phenoxy) is 2. The predicted molar refractivity (Wildman–Crippen MR) is 65.2 cm³/mol. The van der Waals surface area contributed by atoms with Gasteiger partial charge in [-0.05, 0) is 37.8 Å². The van der Waals surface area contributed by atoms with E-state index >= 15 is 0 Å². The van der Waals surface area contributed by atoms with Crippen molar-refractivity contribution in [3.8, 4) is 11.5 Å². The molecule has 1 amide bonds. The number of nitrogens with one attached hydrogen (secondary N) is 1. The number of benzene rings is 1. The molecule has 1 N–H and O–H groups in total. The molecule has 0 bridgehead atoms. The molecule has 0 atom stereocenters. The zero-order valence-corrected chi connectivity index (χ0v) is 9.86. The molecule has 0 unspecified atom stereocenters. The third kappa shape index (κ3) is 2.90. The third-order valence-electron chi connectivity index (χ3n) is 2.95. The van der Waals surface area contributed by atoms with Crippen LogP contribution in [0.4, 0.5) is 5.69 Å². The number of hydrogen-bond donors (Lipinski definition) is 1. The first-order chi connectivity index (χ1) is 8.33. The molecule has 17 heavy (non-hydrogen) atoms. The normalized spacial score (nSPS) is 15.6. The van der Waals surface area contributed by atoms with Crippen molar-refractivity contribution >= 4 is 12.1 Å². The van der Waals surface area contributed by atoms with Gasteiger partial charge in [-0.25, -0.2) is 0 Å². The predicted octanol–water partition coefficient (Wildman–Crippen LogP) is 2.50. The van der Waals surface area contributed by atoms with Gasteiger partial charge in [-0.1, -0.05) is 0 Å². The summed E-state index contributed by atoms with van der Waals surface area (Å²) in [6.07, 6.45) is 6.51. The van der Waals surface area contributed by atoms with Gasteiger partial charge < -0.3 is 14.8 Å². The number of carbonyl (C=O) groups excluding carboxylic acids is 1. The second-order valence-corrected chi connectivity index (χ2v) is 4.12. The fourth-order valence-electron chi connectivity index (χ4n) is 2.09. The monoisotopic (exact) mass is 234 g/mol. The molecule has 1 radical (unpaired) electrons. The maximum atomic E-state index is 10.3. The lowest BCUT2D eigenvalue weighted by Crippen LogP contribution is -2.11. The molecule has 1 aliphatic carbocycles. The van der Waals surface area contributed by atoms with E-state index in [9.17, 15) is 4.79 Å². The zero-order valence-electron chi connectivity index (χ0n) is 9.86. The van der Waals surface area contributed by atoms with E-state index in [1.165, 1.54) is 12.8 Å². The molecular weight excluding hydrogens is 218 g/mol. The van der Waals surface area contributed by atoms with Crippen LogP contribution in [0.25, 0.3) is 0 Å². The van der Waals surface area contributed by atoms with E-state index in [0.717, 1.165) is 12.8 Å². The van der Waals surface area contributed by atoms with Gasteiger partial charge in [0, 0.05) is 11.8 Å². The van der Waals surface area contributed by atoms with E-state index in [4.69, 9.17) is 9.47 Å². The van der Waals surface area contributed by atoms with Gasteiger partial charge in [0.15, 0.2) is 11.5 Å². The fraction of sp³-hybridized carbons (Fsp3) is 0.462. The van der Waals surface area contributed by atoms with Gasteiger partial charge >= 0.3 is 6.41 Å². The number of methoxy groups -OCH3 is 1.